The van der Waals surface area contributed by atoms with Gasteiger partial charge in [0, 0.05) is 10.5 Å². The number of rotatable bonds is 2. The van der Waals surface area contributed by atoms with Crippen LogP contribution in [0.4, 0.5) is 18.9 Å². The van der Waals surface area contributed by atoms with Gasteiger partial charge in [0.2, 0.25) is 0 Å². The molecule has 92 valence electrons. The van der Waals surface area contributed by atoms with Crippen molar-refractivity contribution in [1.82, 2.24) is 0 Å². The summed E-state index contributed by atoms with van der Waals surface area (Å²) in [5, 5.41) is 10.6. The first kappa shape index (κ1) is 13.6. The monoisotopic (exact) mass is 311 g/mol. The Hall–Kier alpha value is -1.44. The second kappa shape index (κ2) is 4.44. The molecule has 0 atom stereocenters. The zero-order valence-electron chi connectivity index (χ0n) is 8.34. The minimum absolute atomic E-state index is 0.402. The largest absolute Gasteiger partial charge is 0.418 e. The van der Waals surface area contributed by atoms with Crippen LogP contribution in [0, 0.1) is 10.1 Å². The lowest BCUT2D eigenvalue weighted by Gasteiger charge is -2.12. The molecule has 0 bridgehead atoms. The van der Waals surface area contributed by atoms with Crippen LogP contribution in [0.25, 0.3) is 0 Å². The molecular weight excluding hydrogens is 307 g/mol. The van der Waals surface area contributed by atoms with E-state index in [9.17, 15) is 28.1 Å². The van der Waals surface area contributed by atoms with Crippen molar-refractivity contribution in [2.75, 3.05) is 0 Å². The Kier molecular flexibility index (Phi) is 3.56. The van der Waals surface area contributed by atoms with Gasteiger partial charge < -0.3 is 0 Å². The average Bonchev–Trinajstić information content (AvgIpc) is 2.14. The van der Waals surface area contributed by atoms with E-state index in [-0.39, 0.29) is 0 Å². The Balaban J connectivity index is 3.73. The number of nitro benzene ring substituents is 1. The molecule has 0 spiro atoms. The van der Waals surface area contributed by atoms with Crippen LogP contribution in [0.3, 0.4) is 0 Å². The van der Waals surface area contributed by atoms with Crippen LogP contribution in [-0.2, 0) is 6.18 Å². The summed E-state index contributed by atoms with van der Waals surface area (Å²) < 4.78 is 37.7. The molecule has 0 saturated carbocycles. The summed E-state index contributed by atoms with van der Waals surface area (Å²) in [6.45, 7) is 0.851. The predicted octanol–water partition coefficient (Wildman–Crippen LogP) is 3.58. The number of ketones is 1. The smallest absolute Gasteiger partial charge is 0.294 e. The van der Waals surface area contributed by atoms with Gasteiger partial charge in [0.25, 0.3) is 5.69 Å². The molecular formula is C9H5BrF3NO3. The maximum atomic E-state index is 12.7. The molecule has 0 saturated heterocycles. The van der Waals surface area contributed by atoms with Gasteiger partial charge in [-0.25, -0.2) is 0 Å². The highest BCUT2D eigenvalue weighted by Gasteiger charge is 2.40. The van der Waals surface area contributed by atoms with E-state index in [1.165, 1.54) is 0 Å². The number of nitro groups is 1. The highest BCUT2D eigenvalue weighted by atomic mass is 79.9. The molecule has 0 aliphatic heterocycles. The zero-order chi connectivity index (χ0) is 13.4. The van der Waals surface area contributed by atoms with E-state index in [2.05, 4.69) is 15.9 Å². The van der Waals surface area contributed by atoms with Crippen LogP contribution in [-0.4, -0.2) is 10.7 Å². The van der Waals surface area contributed by atoms with Gasteiger partial charge in [-0.2, -0.15) is 13.2 Å². The third-order valence-electron chi connectivity index (χ3n) is 1.96. The number of carbonyl (C=O) groups excluding carboxylic acids is 1. The van der Waals surface area contributed by atoms with E-state index in [0.29, 0.717) is 0 Å². The standard InChI is InChI=1S/C9H5BrF3NO3/c1-4(15)7-6(14(16)17)3-2-5(10)8(7)9(11,12)13/h2-3H,1H3. The number of hydrogen-bond acceptors (Lipinski definition) is 3. The minimum Gasteiger partial charge on any atom is -0.294 e. The summed E-state index contributed by atoms with van der Waals surface area (Å²) in [6.07, 6.45) is -4.84. The lowest BCUT2D eigenvalue weighted by molar-refractivity contribution is -0.385. The van der Waals surface area contributed by atoms with Crippen molar-refractivity contribution in [3.05, 3.63) is 37.8 Å². The Morgan fingerprint density at radius 1 is 1.41 bits per heavy atom. The van der Waals surface area contributed by atoms with Gasteiger partial charge in [-0.1, -0.05) is 15.9 Å². The number of hydrogen-bond donors (Lipinski definition) is 0. The van der Waals surface area contributed by atoms with Gasteiger partial charge in [-0.3, -0.25) is 14.9 Å². The average molecular weight is 312 g/mol. The van der Waals surface area contributed by atoms with Crippen LogP contribution < -0.4 is 0 Å². The Morgan fingerprint density at radius 2 is 1.94 bits per heavy atom. The van der Waals surface area contributed by atoms with E-state index >= 15 is 0 Å². The fourth-order valence-corrected chi connectivity index (χ4v) is 1.91. The van der Waals surface area contributed by atoms with Crippen molar-refractivity contribution in [3.63, 3.8) is 0 Å². The summed E-state index contributed by atoms with van der Waals surface area (Å²) in [5.41, 5.74) is -3.11. The van der Waals surface area contributed by atoms with Crippen molar-refractivity contribution < 1.29 is 22.9 Å². The molecule has 0 aliphatic carbocycles. The third-order valence-corrected chi connectivity index (χ3v) is 2.63. The fourth-order valence-electron chi connectivity index (χ4n) is 1.35. The van der Waals surface area contributed by atoms with E-state index in [1.54, 1.807) is 0 Å². The number of halogens is 4. The molecule has 0 heterocycles. The molecule has 17 heavy (non-hydrogen) atoms. The molecule has 1 rings (SSSR count). The first-order valence-corrected chi connectivity index (χ1v) is 5.00. The fraction of sp³-hybridized carbons (Fsp3) is 0.222. The highest BCUT2D eigenvalue weighted by Crippen LogP contribution is 2.40. The van der Waals surface area contributed by atoms with Crippen LogP contribution in [0.1, 0.15) is 22.8 Å². The summed E-state index contributed by atoms with van der Waals surface area (Å²) >= 11 is 2.64. The lowest BCUT2D eigenvalue weighted by Crippen LogP contribution is -2.14. The van der Waals surface area contributed by atoms with E-state index in [1.807, 2.05) is 0 Å². The quantitative estimate of drug-likeness (QED) is 0.476. The topological polar surface area (TPSA) is 60.2 Å². The van der Waals surface area contributed by atoms with Crippen molar-refractivity contribution in [1.29, 1.82) is 0 Å². The SMILES string of the molecule is CC(=O)c1c([N+](=O)[O-])ccc(Br)c1C(F)(F)F. The number of Topliss-reactive ketones (excluding diaryl/α,β-unsaturated/α-hetero) is 1. The highest BCUT2D eigenvalue weighted by molar-refractivity contribution is 9.10. The van der Waals surface area contributed by atoms with Crippen molar-refractivity contribution >= 4 is 27.4 Å². The van der Waals surface area contributed by atoms with E-state index in [0.717, 1.165) is 19.1 Å². The molecule has 1 aromatic rings. The number of alkyl halides is 3. The summed E-state index contributed by atoms with van der Waals surface area (Å²) in [5.74, 6) is -1.01. The Bertz CT molecular complexity index is 499. The maximum absolute atomic E-state index is 12.7. The van der Waals surface area contributed by atoms with Crippen LogP contribution >= 0.6 is 15.9 Å². The van der Waals surface area contributed by atoms with Crippen molar-refractivity contribution in [2.45, 2.75) is 13.1 Å². The van der Waals surface area contributed by atoms with Crippen molar-refractivity contribution in [3.8, 4) is 0 Å². The minimum atomic E-state index is -4.84. The second-order valence-corrected chi connectivity index (χ2v) is 3.98. The van der Waals surface area contributed by atoms with Crippen LogP contribution in [0.15, 0.2) is 16.6 Å². The van der Waals surface area contributed by atoms with Crippen molar-refractivity contribution in [2.24, 2.45) is 0 Å². The third kappa shape index (κ3) is 2.63. The molecule has 0 aliphatic rings. The molecule has 0 fully saturated rings. The van der Waals surface area contributed by atoms with E-state index in [4.69, 9.17) is 0 Å². The summed E-state index contributed by atoms with van der Waals surface area (Å²) in [4.78, 5) is 20.7. The normalized spacial score (nSPS) is 11.4. The molecule has 1 aromatic carbocycles. The first-order valence-electron chi connectivity index (χ1n) is 4.21. The molecule has 4 nitrogen and oxygen atoms in total. The molecule has 0 amide bonds. The molecule has 8 heteroatoms. The van der Waals surface area contributed by atoms with Gasteiger partial charge in [0.1, 0.15) is 5.56 Å². The lowest BCUT2D eigenvalue weighted by atomic mass is 10.0. The van der Waals surface area contributed by atoms with Gasteiger partial charge in [-0.15, -0.1) is 0 Å². The molecule has 0 aromatic heterocycles. The summed E-state index contributed by atoms with van der Waals surface area (Å²) in [6, 6.07) is 1.75. The first-order chi connectivity index (χ1) is 7.66. The van der Waals surface area contributed by atoms with Gasteiger partial charge in [0.05, 0.1) is 10.5 Å². The Morgan fingerprint density at radius 3 is 2.29 bits per heavy atom. The number of nitrogens with zero attached hydrogens (tertiary/aromatic N) is 1. The van der Waals surface area contributed by atoms with E-state index < -0.39 is 38.2 Å². The van der Waals surface area contributed by atoms with Crippen LogP contribution in [0.2, 0.25) is 0 Å². The molecule has 0 radical (unpaired) electrons. The molecule has 0 N–H and O–H groups in total. The maximum Gasteiger partial charge on any atom is 0.418 e. The summed E-state index contributed by atoms with van der Waals surface area (Å²) in [7, 11) is 0. The van der Waals surface area contributed by atoms with Gasteiger partial charge in [0.15, 0.2) is 5.78 Å². The van der Waals surface area contributed by atoms with Crippen LogP contribution in [0.5, 0.6) is 0 Å². The van der Waals surface area contributed by atoms with Gasteiger partial charge >= 0.3 is 6.18 Å². The zero-order valence-corrected chi connectivity index (χ0v) is 9.92. The Labute approximate surface area is 102 Å². The number of carbonyl (C=O) groups is 1. The van der Waals surface area contributed by atoms with Gasteiger partial charge in [-0.05, 0) is 13.0 Å². The number of benzene rings is 1. The molecule has 0 unspecified atom stereocenters. The predicted molar refractivity (Wildman–Crippen MR) is 55.8 cm³/mol. The second-order valence-electron chi connectivity index (χ2n) is 3.13.